The van der Waals surface area contributed by atoms with Gasteiger partial charge in [0.1, 0.15) is 12.1 Å². The average Bonchev–Trinajstić information content (AvgIpc) is 3.38. The van der Waals surface area contributed by atoms with Crippen LogP contribution in [-0.4, -0.2) is 69.1 Å². The molecule has 1 fully saturated rings. The number of ether oxygens (including phenoxy) is 1. The lowest BCUT2D eigenvalue weighted by Gasteiger charge is -2.35. The van der Waals surface area contributed by atoms with E-state index in [-0.39, 0.29) is 5.91 Å². The fourth-order valence-electron chi connectivity index (χ4n) is 4.77. The summed E-state index contributed by atoms with van der Waals surface area (Å²) < 4.78 is 7.02. The molecule has 9 heteroatoms. The number of nitrogens with zero attached hydrogens (tertiary/aromatic N) is 7. The highest BCUT2D eigenvalue weighted by molar-refractivity contribution is 5.90. The molecule has 0 radical (unpaired) electrons. The summed E-state index contributed by atoms with van der Waals surface area (Å²) >= 11 is 0. The van der Waals surface area contributed by atoms with Gasteiger partial charge in [0, 0.05) is 32.2 Å². The quantitative estimate of drug-likeness (QED) is 0.382. The third kappa shape index (κ3) is 3.98. The van der Waals surface area contributed by atoms with Crippen LogP contribution in [0.15, 0.2) is 73.1 Å². The Hall–Kier alpha value is -4.53. The molecule has 1 amide bonds. The molecule has 0 spiro atoms. The van der Waals surface area contributed by atoms with Crippen LogP contribution in [0.3, 0.4) is 0 Å². The third-order valence-electron chi connectivity index (χ3n) is 6.67. The molecule has 3 heterocycles. The van der Waals surface area contributed by atoms with Crippen molar-refractivity contribution in [3.05, 3.63) is 78.6 Å². The van der Waals surface area contributed by atoms with E-state index in [2.05, 4.69) is 43.4 Å². The van der Waals surface area contributed by atoms with E-state index in [1.165, 1.54) is 6.33 Å². The highest BCUT2D eigenvalue weighted by Crippen LogP contribution is 2.25. The Bertz CT molecular complexity index is 1550. The Morgan fingerprint density at radius 2 is 1.75 bits per heavy atom. The number of hydrogen-bond acceptors (Lipinski definition) is 7. The lowest BCUT2D eigenvalue weighted by Crippen LogP contribution is -2.49. The second-order valence-corrected chi connectivity index (χ2v) is 8.76. The maximum absolute atomic E-state index is 13.1. The number of benzene rings is 3. The summed E-state index contributed by atoms with van der Waals surface area (Å²) in [6, 6.07) is 21.9. The van der Waals surface area contributed by atoms with E-state index < -0.39 is 0 Å². The summed E-state index contributed by atoms with van der Waals surface area (Å²) in [6.07, 6.45) is 1.93. The number of fused-ring (bicyclic) bond motifs is 2. The van der Waals surface area contributed by atoms with Gasteiger partial charge in [0.15, 0.2) is 17.0 Å². The number of carbonyl (C=O) groups excluding carboxylic acids is 1. The molecule has 2 aromatic heterocycles. The molecule has 9 nitrogen and oxygen atoms in total. The molecular weight excluding hydrogens is 454 g/mol. The van der Waals surface area contributed by atoms with E-state index >= 15 is 0 Å². The molecule has 1 saturated heterocycles. The molecule has 5 aromatic rings. The molecule has 3 aromatic carbocycles. The zero-order valence-corrected chi connectivity index (χ0v) is 19.9. The molecule has 180 valence electrons. The van der Waals surface area contributed by atoms with Crippen LogP contribution in [-0.2, 0) is 11.2 Å². The van der Waals surface area contributed by atoms with E-state index in [0.717, 1.165) is 33.6 Å². The predicted molar refractivity (Wildman–Crippen MR) is 137 cm³/mol. The van der Waals surface area contributed by atoms with Crippen LogP contribution in [0.2, 0.25) is 0 Å². The van der Waals surface area contributed by atoms with Crippen LogP contribution in [0.5, 0.6) is 5.75 Å². The molecule has 6 rings (SSSR count). The second-order valence-electron chi connectivity index (χ2n) is 8.76. The minimum Gasteiger partial charge on any atom is -0.497 e. The van der Waals surface area contributed by atoms with E-state index in [1.54, 1.807) is 11.8 Å². The third-order valence-corrected chi connectivity index (χ3v) is 6.67. The molecule has 0 unspecified atom stereocenters. The fraction of sp³-hybridized carbons (Fsp3) is 0.222. The van der Waals surface area contributed by atoms with Crippen molar-refractivity contribution in [2.24, 2.45) is 0 Å². The van der Waals surface area contributed by atoms with Gasteiger partial charge in [0.25, 0.3) is 0 Å². The SMILES string of the molecule is COc1cccc(-n2nnc3c(N4CCN(C(=O)Cc5cccc6ccccc56)CC4)ncnc32)c1. The van der Waals surface area contributed by atoms with Gasteiger partial charge in [0.2, 0.25) is 5.91 Å². The molecule has 0 N–H and O–H groups in total. The van der Waals surface area contributed by atoms with Crippen LogP contribution in [0.1, 0.15) is 5.56 Å². The van der Waals surface area contributed by atoms with Crippen LogP contribution in [0.25, 0.3) is 27.6 Å². The van der Waals surface area contributed by atoms with Gasteiger partial charge in [-0.1, -0.05) is 53.7 Å². The van der Waals surface area contributed by atoms with Gasteiger partial charge >= 0.3 is 0 Å². The molecule has 36 heavy (non-hydrogen) atoms. The van der Waals surface area contributed by atoms with Gasteiger partial charge < -0.3 is 14.5 Å². The van der Waals surface area contributed by atoms with Gasteiger partial charge in [-0.05, 0) is 28.5 Å². The number of anilines is 1. The summed E-state index contributed by atoms with van der Waals surface area (Å²) in [5.41, 5.74) is 3.14. The fourth-order valence-corrected chi connectivity index (χ4v) is 4.77. The number of carbonyl (C=O) groups is 1. The molecule has 0 saturated carbocycles. The first-order valence-electron chi connectivity index (χ1n) is 11.9. The van der Waals surface area contributed by atoms with E-state index in [4.69, 9.17) is 4.74 Å². The van der Waals surface area contributed by atoms with Crippen molar-refractivity contribution in [1.29, 1.82) is 0 Å². The molecular formula is C27H25N7O2. The van der Waals surface area contributed by atoms with Crippen molar-refractivity contribution in [2.45, 2.75) is 6.42 Å². The van der Waals surface area contributed by atoms with Gasteiger partial charge in [-0.2, -0.15) is 4.68 Å². The van der Waals surface area contributed by atoms with Crippen LogP contribution in [0, 0.1) is 0 Å². The number of methoxy groups -OCH3 is 1. The molecule has 0 bridgehead atoms. The van der Waals surface area contributed by atoms with Gasteiger partial charge in [-0.25, -0.2) is 9.97 Å². The molecule has 0 aliphatic carbocycles. The van der Waals surface area contributed by atoms with Crippen LogP contribution < -0.4 is 9.64 Å². The average molecular weight is 480 g/mol. The standard InChI is InChI=1S/C27H25N7O2/c1-36-22-10-5-9-21(17-22)34-27-25(30-31-34)26(28-18-29-27)33-14-12-32(13-15-33)24(35)16-20-8-4-7-19-6-2-3-11-23(19)20/h2-11,17-18H,12-16H2,1H3. The predicted octanol–water partition coefficient (Wildman–Crippen LogP) is 3.26. The van der Waals surface area contributed by atoms with Crippen LogP contribution in [0.4, 0.5) is 5.82 Å². The lowest BCUT2D eigenvalue weighted by atomic mass is 10.0. The number of hydrogen-bond donors (Lipinski definition) is 0. The smallest absolute Gasteiger partial charge is 0.227 e. The maximum atomic E-state index is 13.1. The van der Waals surface area contributed by atoms with Crippen molar-refractivity contribution < 1.29 is 9.53 Å². The topological polar surface area (TPSA) is 89.3 Å². The molecule has 0 atom stereocenters. The zero-order valence-electron chi connectivity index (χ0n) is 19.9. The number of aromatic nitrogens is 5. The van der Waals surface area contributed by atoms with E-state index in [1.807, 2.05) is 53.4 Å². The van der Waals surface area contributed by atoms with Gasteiger partial charge in [-0.3, -0.25) is 4.79 Å². The van der Waals surface area contributed by atoms with Crippen molar-refractivity contribution in [3.8, 4) is 11.4 Å². The summed E-state index contributed by atoms with van der Waals surface area (Å²) in [7, 11) is 1.63. The van der Waals surface area contributed by atoms with E-state index in [9.17, 15) is 4.79 Å². The first kappa shape index (κ1) is 22.0. The summed E-state index contributed by atoms with van der Waals surface area (Å²) in [5.74, 6) is 1.60. The number of piperazine rings is 1. The van der Waals surface area contributed by atoms with Gasteiger partial charge in [0.05, 0.1) is 19.2 Å². The Labute approximate surface area is 207 Å². The molecule has 1 aliphatic rings. The van der Waals surface area contributed by atoms with Crippen molar-refractivity contribution in [2.75, 3.05) is 38.2 Å². The second kappa shape index (κ2) is 9.26. The number of amides is 1. The first-order valence-corrected chi connectivity index (χ1v) is 11.9. The minimum atomic E-state index is 0.141. The Morgan fingerprint density at radius 1 is 0.944 bits per heavy atom. The molecule has 1 aliphatic heterocycles. The number of rotatable bonds is 5. The summed E-state index contributed by atoms with van der Waals surface area (Å²) in [4.78, 5) is 26.2. The zero-order chi connectivity index (χ0) is 24.5. The highest BCUT2D eigenvalue weighted by atomic mass is 16.5. The maximum Gasteiger partial charge on any atom is 0.227 e. The van der Waals surface area contributed by atoms with E-state index in [0.29, 0.717) is 43.8 Å². The Kier molecular flexibility index (Phi) is 5.65. The monoisotopic (exact) mass is 479 g/mol. The summed E-state index contributed by atoms with van der Waals surface area (Å²) in [6.45, 7) is 2.58. The largest absolute Gasteiger partial charge is 0.497 e. The van der Waals surface area contributed by atoms with Crippen molar-refractivity contribution in [3.63, 3.8) is 0 Å². The van der Waals surface area contributed by atoms with Crippen molar-refractivity contribution in [1.82, 2.24) is 29.9 Å². The Balaban J connectivity index is 1.18. The minimum absolute atomic E-state index is 0.141. The van der Waals surface area contributed by atoms with Crippen LogP contribution >= 0.6 is 0 Å². The summed E-state index contributed by atoms with van der Waals surface area (Å²) in [5, 5.41) is 11.0. The van der Waals surface area contributed by atoms with Gasteiger partial charge in [-0.15, -0.1) is 5.10 Å². The first-order chi connectivity index (χ1) is 17.7. The normalized spacial score (nSPS) is 13.9. The van der Waals surface area contributed by atoms with Crippen molar-refractivity contribution >= 4 is 33.7 Å². The Morgan fingerprint density at radius 3 is 2.61 bits per heavy atom. The lowest BCUT2D eigenvalue weighted by molar-refractivity contribution is -0.130. The highest BCUT2D eigenvalue weighted by Gasteiger charge is 2.25.